The largest absolute Gasteiger partial charge is 0.507 e. The van der Waals surface area contributed by atoms with Crippen molar-refractivity contribution >= 4 is 74.4 Å². The maximum Gasteiger partial charge on any atom is 0.246 e. The van der Waals surface area contributed by atoms with Gasteiger partial charge in [-0.25, -0.2) is 23.7 Å². The zero-order valence-electron chi connectivity index (χ0n) is 39.0. The number of aromatic nitrogens is 3. The van der Waals surface area contributed by atoms with Gasteiger partial charge < -0.3 is 45.4 Å². The highest BCUT2D eigenvalue weighted by atomic mass is 127. The fourth-order valence-corrected chi connectivity index (χ4v) is 9.44. The lowest BCUT2D eigenvalue weighted by molar-refractivity contribution is -0.144. The topological polar surface area (TPSA) is 208 Å². The highest BCUT2D eigenvalue weighted by molar-refractivity contribution is 14.1. The minimum atomic E-state index is -1.02. The Hall–Kier alpha value is -5.42. The number of β-amino-alcohol motifs (C(OH)–C–C–N with tert-alkyl or cyclic N) is 1. The molecule has 0 saturated carbocycles. The van der Waals surface area contributed by atoms with Crippen molar-refractivity contribution in [1.29, 1.82) is 0 Å². The van der Waals surface area contributed by atoms with E-state index in [2.05, 4.69) is 30.9 Å². The minimum Gasteiger partial charge on any atom is -0.507 e. The molecule has 364 valence electrons. The van der Waals surface area contributed by atoms with E-state index in [9.17, 15) is 33.8 Å². The van der Waals surface area contributed by atoms with Gasteiger partial charge in [0.2, 0.25) is 29.6 Å². The van der Waals surface area contributed by atoms with E-state index in [-0.39, 0.29) is 93.4 Å². The second kappa shape index (κ2) is 22.8. The molecule has 5 aromatic rings. The summed E-state index contributed by atoms with van der Waals surface area (Å²) >= 11 is 3.44. The number of phenols is 1. The smallest absolute Gasteiger partial charge is 0.246 e. The van der Waals surface area contributed by atoms with E-state index in [1.165, 1.54) is 21.9 Å². The Labute approximate surface area is 411 Å². The van der Waals surface area contributed by atoms with Crippen molar-refractivity contribution in [3.05, 3.63) is 86.2 Å². The molecule has 1 fully saturated rings. The summed E-state index contributed by atoms with van der Waals surface area (Å²) in [6.45, 7) is 11.2. The standard InChI is InChI=1S/C48H57F2IN8O8S/c1-26(29-11-13-30(14-12-29)43-28(3)53-25-68-43)54-45(64)35-21-31(60)23-59(35)46(65)44(48(4,5)6)56-37(62)24-67-20-19-66-18-17-58(7)38(63)15-16-52-47-55-27(2)32-22-34(51)40(41(50)42(32)57-47)39-33(49)9-8-10-36(39)61/h8-14,22,25-26,31,35,44,60-61H,15-21,23-24H2,1-7H3,(H,54,64)(H,56,62)(H,52,55,57)/t26-,31+,35-,44+/m0/s1. The number of likely N-dealkylation sites (tertiary alicyclic amines) is 1. The van der Waals surface area contributed by atoms with E-state index in [0.717, 1.165) is 27.8 Å². The number of aryl methyl sites for hydroxylation is 2. The number of aliphatic hydroxyl groups excluding tert-OH is 1. The molecule has 2 aromatic heterocycles. The summed E-state index contributed by atoms with van der Waals surface area (Å²) in [7, 11) is 1.62. The molecule has 68 heavy (non-hydrogen) atoms. The van der Waals surface area contributed by atoms with Gasteiger partial charge in [-0.05, 0) is 78.1 Å². The van der Waals surface area contributed by atoms with Gasteiger partial charge in [-0.3, -0.25) is 19.2 Å². The monoisotopic (exact) mass is 1070 g/mol. The van der Waals surface area contributed by atoms with Crippen LogP contribution in [0.4, 0.5) is 14.7 Å². The number of nitrogens with one attached hydrogen (secondary N) is 3. The fraction of sp³-hybridized carbons (Fsp3) is 0.438. The van der Waals surface area contributed by atoms with Crippen molar-refractivity contribution in [3.8, 4) is 27.3 Å². The van der Waals surface area contributed by atoms with E-state index in [1.807, 2.05) is 60.7 Å². The number of aromatic hydroxyl groups is 1. The molecule has 0 unspecified atom stereocenters. The number of hydrogen-bond donors (Lipinski definition) is 5. The number of benzene rings is 3. The summed E-state index contributed by atoms with van der Waals surface area (Å²) in [5.41, 5.74) is 3.93. The number of fused-ring (bicyclic) bond motifs is 1. The number of aliphatic hydroxyl groups is 1. The molecule has 20 heteroatoms. The molecule has 1 saturated heterocycles. The first kappa shape index (κ1) is 52.0. The molecule has 0 radical (unpaired) electrons. The lowest BCUT2D eigenvalue weighted by Crippen LogP contribution is -2.58. The quantitative estimate of drug-likeness (QED) is 0.0457. The van der Waals surface area contributed by atoms with Crippen molar-refractivity contribution < 1.29 is 47.6 Å². The Morgan fingerprint density at radius 1 is 1.00 bits per heavy atom. The number of nitrogens with zero attached hydrogens (tertiary/aromatic N) is 5. The van der Waals surface area contributed by atoms with Crippen LogP contribution in [0, 0.1) is 34.5 Å². The lowest BCUT2D eigenvalue weighted by Gasteiger charge is -2.35. The van der Waals surface area contributed by atoms with Crippen LogP contribution in [-0.2, 0) is 28.7 Å². The zero-order chi connectivity index (χ0) is 49.4. The molecule has 6 rings (SSSR count). The number of carbonyl (C=O) groups excluding carboxylic acids is 4. The van der Waals surface area contributed by atoms with Crippen LogP contribution in [0.2, 0.25) is 0 Å². The van der Waals surface area contributed by atoms with Gasteiger partial charge in [0.25, 0.3) is 0 Å². The van der Waals surface area contributed by atoms with Gasteiger partial charge in [-0.15, -0.1) is 11.3 Å². The summed E-state index contributed by atoms with van der Waals surface area (Å²) in [4.78, 5) is 70.5. The fourth-order valence-electron chi connectivity index (χ4n) is 7.81. The molecule has 1 aliphatic rings. The summed E-state index contributed by atoms with van der Waals surface area (Å²) < 4.78 is 42.1. The van der Waals surface area contributed by atoms with Gasteiger partial charge in [0.15, 0.2) is 5.82 Å². The second-order valence-electron chi connectivity index (χ2n) is 17.7. The number of carbonyl (C=O) groups is 4. The lowest BCUT2D eigenvalue weighted by atomic mass is 9.85. The van der Waals surface area contributed by atoms with E-state index in [1.54, 1.807) is 57.7 Å². The van der Waals surface area contributed by atoms with Crippen molar-refractivity contribution in [2.24, 2.45) is 5.41 Å². The van der Waals surface area contributed by atoms with Gasteiger partial charge >= 0.3 is 0 Å². The average Bonchev–Trinajstić information content (AvgIpc) is 3.90. The molecule has 16 nitrogen and oxygen atoms in total. The van der Waals surface area contributed by atoms with Crippen molar-refractivity contribution in [2.45, 2.75) is 78.6 Å². The third kappa shape index (κ3) is 12.6. The molecule has 0 aliphatic carbocycles. The Bertz CT molecular complexity index is 2610. The Balaban J connectivity index is 0.909. The minimum absolute atomic E-state index is 0.0563. The summed E-state index contributed by atoms with van der Waals surface area (Å²) in [5, 5.41) is 30.1. The number of hydrogen-bond acceptors (Lipinski definition) is 13. The predicted octanol–water partition coefficient (Wildman–Crippen LogP) is 6.29. The third-order valence-corrected chi connectivity index (χ3v) is 13.4. The number of halogens is 3. The maximum absolute atomic E-state index is 15.9. The molecule has 0 bridgehead atoms. The molecule has 1 aliphatic heterocycles. The molecule has 0 spiro atoms. The first-order valence-electron chi connectivity index (χ1n) is 22.1. The van der Waals surface area contributed by atoms with Crippen LogP contribution in [0.3, 0.4) is 0 Å². The number of amides is 4. The average molecular weight is 1070 g/mol. The van der Waals surface area contributed by atoms with Crippen LogP contribution < -0.4 is 16.0 Å². The van der Waals surface area contributed by atoms with Crippen LogP contribution in [0.5, 0.6) is 5.75 Å². The van der Waals surface area contributed by atoms with E-state index < -0.39 is 58.7 Å². The molecule has 4 amide bonds. The molecular weight excluding hydrogens is 1010 g/mol. The number of rotatable bonds is 19. The number of thiazole rings is 1. The normalized spacial score (nSPS) is 15.8. The SMILES string of the molecule is Cc1ncsc1-c1ccc([C@H](C)NC(=O)[C@@H]2C[C@@H](O)CN2C(=O)[C@@H](NC(=O)COCCOCCN(C)C(=O)CCNc2nc(C)c3cc(I)c(-c4c(O)cccc4F)c(F)c3n2)C(C)(C)C)cc1. The van der Waals surface area contributed by atoms with Crippen LogP contribution in [0.1, 0.15) is 63.5 Å². The highest BCUT2D eigenvalue weighted by Crippen LogP contribution is 2.40. The summed E-state index contributed by atoms with van der Waals surface area (Å²) in [6.07, 6.45) is -0.792. The maximum atomic E-state index is 15.9. The molecular formula is C48H57F2IN8O8S. The molecule has 5 N–H and O–H groups in total. The van der Waals surface area contributed by atoms with Crippen LogP contribution in [0.25, 0.3) is 32.5 Å². The van der Waals surface area contributed by atoms with E-state index >= 15 is 4.39 Å². The summed E-state index contributed by atoms with van der Waals surface area (Å²) in [6, 6.07) is 10.9. The number of anilines is 1. The van der Waals surface area contributed by atoms with Gasteiger partial charge in [-0.1, -0.05) is 51.1 Å². The first-order valence-corrected chi connectivity index (χ1v) is 24.1. The first-order chi connectivity index (χ1) is 32.2. The van der Waals surface area contributed by atoms with E-state index in [0.29, 0.717) is 14.7 Å². The Morgan fingerprint density at radius 2 is 1.72 bits per heavy atom. The van der Waals surface area contributed by atoms with Crippen molar-refractivity contribution in [1.82, 2.24) is 35.4 Å². The third-order valence-electron chi connectivity index (χ3n) is 11.6. The van der Waals surface area contributed by atoms with E-state index in [4.69, 9.17) is 9.47 Å². The number of phenolic OH excluding ortho intramolecular Hbond substituents is 1. The molecule has 3 heterocycles. The predicted molar refractivity (Wildman–Crippen MR) is 263 cm³/mol. The number of likely N-dealkylation sites (N-methyl/N-ethyl adjacent to an activating group) is 1. The van der Waals surface area contributed by atoms with Crippen LogP contribution in [-0.4, -0.2) is 130 Å². The number of ether oxygens (including phenoxy) is 2. The van der Waals surface area contributed by atoms with Gasteiger partial charge in [0, 0.05) is 54.0 Å². The molecule has 4 atom stereocenters. The second-order valence-corrected chi connectivity index (χ2v) is 19.8. The van der Waals surface area contributed by atoms with Crippen LogP contribution in [0.15, 0.2) is 54.0 Å². The van der Waals surface area contributed by atoms with Crippen molar-refractivity contribution in [2.75, 3.05) is 58.4 Å². The van der Waals surface area contributed by atoms with Crippen LogP contribution >= 0.6 is 33.9 Å². The van der Waals surface area contributed by atoms with Gasteiger partial charge in [-0.2, -0.15) is 0 Å². The Morgan fingerprint density at radius 3 is 2.40 bits per heavy atom. The van der Waals surface area contributed by atoms with Crippen molar-refractivity contribution in [3.63, 3.8) is 0 Å². The summed E-state index contributed by atoms with van der Waals surface area (Å²) in [5.74, 6) is -3.55. The van der Waals surface area contributed by atoms with Gasteiger partial charge in [0.05, 0.1) is 59.3 Å². The highest BCUT2D eigenvalue weighted by Gasteiger charge is 2.44. The molecule has 3 aromatic carbocycles. The Kier molecular flexibility index (Phi) is 17.4. The zero-order valence-corrected chi connectivity index (χ0v) is 42.0. The van der Waals surface area contributed by atoms with Gasteiger partial charge in [0.1, 0.15) is 35.8 Å².